The average molecular weight is 607 g/mol. The number of benzene rings is 2. The number of hydrogen-bond acceptors (Lipinski definition) is 6. The van der Waals surface area contributed by atoms with Gasteiger partial charge in [-0.3, -0.25) is 14.4 Å². The minimum absolute atomic E-state index is 0. The van der Waals surface area contributed by atoms with Crippen LogP contribution in [0.25, 0.3) is 0 Å². The zero-order valence-corrected chi connectivity index (χ0v) is 25.6. The monoisotopic (exact) mass is 606 g/mol. The number of unbranched alkanes of at least 4 members (excludes halogenated alkanes) is 1. The molecule has 2 aromatic carbocycles. The fourth-order valence-electron chi connectivity index (χ4n) is 5.37. The number of nitrogens with one attached hydrogen (secondary N) is 2. The van der Waals surface area contributed by atoms with E-state index in [1.54, 1.807) is 24.3 Å². The molecule has 2 amide bonds. The third kappa shape index (κ3) is 10.5. The maximum Gasteiger partial charge on any atom is 0.317 e. The number of hydrogen-bond donors (Lipinski definition) is 2. The zero-order chi connectivity index (χ0) is 28.5. The highest BCUT2D eigenvalue weighted by Gasteiger charge is 2.29. The van der Waals surface area contributed by atoms with Gasteiger partial charge in [-0.25, -0.2) is 13.2 Å². The van der Waals surface area contributed by atoms with E-state index in [-0.39, 0.29) is 30.5 Å². The van der Waals surface area contributed by atoms with Crippen LogP contribution in [0.1, 0.15) is 63.9 Å². The molecule has 2 fully saturated rings. The summed E-state index contributed by atoms with van der Waals surface area (Å²) in [5, 5.41) is 3.29. The molecule has 11 heteroatoms. The van der Waals surface area contributed by atoms with Gasteiger partial charge in [-0.15, -0.1) is 12.4 Å². The number of likely N-dealkylation sites (tertiary alicyclic amines) is 1. The van der Waals surface area contributed by atoms with Crippen LogP contribution in [0.15, 0.2) is 48.5 Å². The van der Waals surface area contributed by atoms with Crippen molar-refractivity contribution in [2.45, 2.75) is 76.9 Å². The molecule has 0 aromatic heterocycles. The van der Waals surface area contributed by atoms with Gasteiger partial charge in [0, 0.05) is 56.8 Å². The molecule has 1 aliphatic carbocycles. The van der Waals surface area contributed by atoms with Gasteiger partial charge in [0.25, 0.3) is 0 Å². The molecule has 0 radical (unpaired) electrons. The van der Waals surface area contributed by atoms with Crippen LogP contribution in [0.2, 0.25) is 0 Å². The van der Waals surface area contributed by atoms with Crippen molar-refractivity contribution in [1.29, 1.82) is 0 Å². The first-order chi connectivity index (χ1) is 19.2. The molecule has 226 valence electrons. The summed E-state index contributed by atoms with van der Waals surface area (Å²) < 4.78 is 31.0. The van der Waals surface area contributed by atoms with E-state index in [0.717, 1.165) is 71.0 Å². The fraction of sp³-hybridized carbons (Fsp3) is 0.533. The molecule has 4 rings (SSSR count). The molecule has 1 aliphatic heterocycles. The van der Waals surface area contributed by atoms with Crippen LogP contribution in [-0.4, -0.2) is 68.0 Å². The van der Waals surface area contributed by atoms with E-state index in [4.69, 9.17) is 4.74 Å². The van der Waals surface area contributed by atoms with Crippen molar-refractivity contribution >= 4 is 39.9 Å². The maximum absolute atomic E-state index is 13.2. The number of carbonyl (C=O) groups is 2. The van der Waals surface area contributed by atoms with E-state index < -0.39 is 10.0 Å². The highest BCUT2D eigenvalue weighted by molar-refractivity contribution is 7.92. The molecule has 0 atom stereocenters. The number of nitrogens with zero attached hydrogens (tertiary/aromatic N) is 2. The average Bonchev–Trinajstić information content (AvgIpc) is 2.92. The minimum Gasteiger partial charge on any atom is -0.457 e. The number of ether oxygens (including phenoxy) is 1. The van der Waals surface area contributed by atoms with Crippen molar-refractivity contribution in [3.8, 4) is 11.5 Å². The quantitative estimate of drug-likeness (QED) is 0.347. The smallest absolute Gasteiger partial charge is 0.317 e. The largest absolute Gasteiger partial charge is 0.457 e. The zero-order valence-electron chi connectivity index (χ0n) is 24.0. The molecule has 0 unspecified atom stereocenters. The molecule has 0 spiro atoms. The second-order valence-electron chi connectivity index (χ2n) is 11.0. The summed E-state index contributed by atoms with van der Waals surface area (Å²) in [7, 11) is -3.31. The Morgan fingerprint density at radius 2 is 1.56 bits per heavy atom. The highest BCUT2D eigenvalue weighted by Crippen LogP contribution is 2.25. The molecule has 1 saturated heterocycles. The van der Waals surface area contributed by atoms with Crippen LogP contribution in [-0.2, 0) is 21.4 Å². The lowest BCUT2D eigenvalue weighted by atomic mass is 9.93. The molecule has 1 saturated carbocycles. The van der Waals surface area contributed by atoms with Crippen LogP contribution in [0, 0.1) is 0 Å². The summed E-state index contributed by atoms with van der Waals surface area (Å²) in [6.45, 7) is 5.57. The number of amides is 2. The van der Waals surface area contributed by atoms with Crippen molar-refractivity contribution in [3.63, 3.8) is 0 Å². The highest BCUT2D eigenvalue weighted by atomic mass is 35.5. The molecule has 2 aliphatic rings. The van der Waals surface area contributed by atoms with Gasteiger partial charge in [0.2, 0.25) is 10.0 Å². The van der Waals surface area contributed by atoms with Gasteiger partial charge in [-0.2, -0.15) is 0 Å². The lowest BCUT2D eigenvalue weighted by Gasteiger charge is -2.37. The van der Waals surface area contributed by atoms with Crippen LogP contribution >= 0.6 is 12.4 Å². The number of carbonyl (C=O) groups excluding carboxylic acids is 2. The van der Waals surface area contributed by atoms with Gasteiger partial charge in [-0.1, -0.05) is 25.5 Å². The Morgan fingerprint density at radius 1 is 0.976 bits per heavy atom. The normalized spacial score (nSPS) is 17.0. The van der Waals surface area contributed by atoms with Gasteiger partial charge in [0.05, 0.1) is 6.26 Å². The SMILES string of the molecule is CCCCN(C(=O)NC1CCN(Cc2ccc(Oc3ccc(NS(C)(=O)=O)cc3)cc2)CC1)C1CCC(=O)CC1.Cl. The number of ketones is 1. The Morgan fingerprint density at radius 3 is 2.12 bits per heavy atom. The summed E-state index contributed by atoms with van der Waals surface area (Å²) in [5.41, 5.74) is 1.68. The Hall–Kier alpha value is -2.82. The third-order valence-corrected chi connectivity index (χ3v) is 8.21. The number of anilines is 1. The van der Waals surface area contributed by atoms with E-state index in [1.807, 2.05) is 17.0 Å². The van der Waals surface area contributed by atoms with E-state index in [0.29, 0.717) is 35.8 Å². The fourth-order valence-corrected chi connectivity index (χ4v) is 5.93. The second-order valence-corrected chi connectivity index (χ2v) is 12.7. The number of urea groups is 1. The van der Waals surface area contributed by atoms with Gasteiger partial charge in [-0.05, 0) is 74.1 Å². The number of piperidine rings is 1. The van der Waals surface area contributed by atoms with Crippen molar-refractivity contribution in [1.82, 2.24) is 15.1 Å². The molecule has 0 bridgehead atoms. The summed E-state index contributed by atoms with van der Waals surface area (Å²) in [6.07, 6.45) is 7.72. The van der Waals surface area contributed by atoms with Crippen LogP contribution < -0.4 is 14.8 Å². The number of rotatable bonds is 11. The molecule has 41 heavy (non-hydrogen) atoms. The Bertz CT molecular complexity index is 1220. The summed E-state index contributed by atoms with van der Waals surface area (Å²) in [6, 6.07) is 15.2. The van der Waals surface area contributed by atoms with Gasteiger partial charge >= 0.3 is 6.03 Å². The number of sulfonamides is 1. The molecule has 1 heterocycles. The van der Waals surface area contributed by atoms with E-state index >= 15 is 0 Å². The van der Waals surface area contributed by atoms with Crippen molar-refractivity contribution in [2.24, 2.45) is 0 Å². The summed E-state index contributed by atoms with van der Waals surface area (Å²) >= 11 is 0. The molecule has 2 aromatic rings. The van der Waals surface area contributed by atoms with Crippen LogP contribution in [0.4, 0.5) is 10.5 Å². The number of halogens is 1. The topological polar surface area (TPSA) is 108 Å². The van der Waals surface area contributed by atoms with Gasteiger partial charge in [0.15, 0.2) is 0 Å². The van der Waals surface area contributed by atoms with Gasteiger partial charge < -0.3 is 15.0 Å². The van der Waals surface area contributed by atoms with E-state index in [2.05, 4.69) is 34.0 Å². The first kappa shape index (κ1) is 32.7. The first-order valence-corrected chi connectivity index (χ1v) is 16.2. The van der Waals surface area contributed by atoms with E-state index in [1.165, 1.54) is 5.56 Å². The maximum atomic E-state index is 13.2. The first-order valence-electron chi connectivity index (χ1n) is 14.3. The third-order valence-electron chi connectivity index (χ3n) is 7.60. The minimum atomic E-state index is -3.31. The summed E-state index contributed by atoms with van der Waals surface area (Å²) in [5.74, 6) is 1.66. The Kier molecular flexibility index (Phi) is 12.3. The predicted molar refractivity (Wildman–Crippen MR) is 164 cm³/mol. The van der Waals surface area contributed by atoms with Crippen molar-refractivity contribution in [2.75, 3.05) is 30.6 Å². The van der Waals surface area contributed by atoms with Crippen LogP contribution in [0.5, 0.6) is 11.5 Å². The summed E-state index contributed by atoms with van der Waals surface area (Å²) in [4.78, 5) is 29.3. The Balaban J connectivity index is 0.00000462. The van der Waals surface area contributed by atoms with Gasteiger partial charge in [0.1, 0.15) is 17.3 Å². The van der Waals surface area contributed by atoms with Crippen molar-refractivity contribution < 1.29 is 22.7 Å². The second kappa shape index (κ2) is 15.4. The number of Topliss-reactive ketones (excluding diaryl/α,β-unsaturated/α-hetero) is 1. The standard InChI is InChI=1S/C30H42N4O5S.ClH/c1-3-4-19-34(26-9-11-27(35)12-10-26)30(36)31-24-17-20-33(21-18-24)22-23-5-13-28(14-6-23)39-29-15-7-25(8-16-29)32-40(2,37)38;/h5-8,13-16,24,26,32H,3-4,9-12,17-22H2,1-2H3,(H,31,36);1H. The Labute approximate surface area is 250 Å². The lowest BCUT2D eigenvalue weighted by molar-refractivity contribution is -0.121. The predicted octanol–water partition coefficient (Wildman–Crippen LogP) is 5.56. The van der Waals surface area contributed by atoms with Crippen LogP contribution in [0.3, 0.4) is 0 Å². The van der Waals surface area contributed by atoms with E-state index in [9.17, 15) is 18.0 Å². The molecule has 2 N–H and O–H groups in total. The molecular formula is C30H43ClN4O5S. The lowest BCUT2D eigenvalue weighted by Crippen LogP contribution is -2.52. The molecule has 9 nitrogen and oxygen atoms in total. The van der Waals surface area contributed by atoms with Crippen molar-refractivity contribution in [3.05, 3.63) is 54.1 Å². The molecular weight excluding hydrogens is 564 g/mol.